The van der Waals surface area contributed by atoms with Crippen molar-refractivity contribution in [3.05, 3.63) is 34.9 Å². The molecule has 1 aliphatic heterocycles. The normalized spacial score (nSPS) is 14.8. The average Bonchev–Trinajstić information content (AvgIpc) is 2.69. The molecule has 2 amide bonds. The van der Waals surface area contributed by atoms with E-state index in [-0.39, 0.29) is 35.8 Å². The third-order valence-corrected chi connectivity index (χ3v) is 5.26. The summed E-state index contributed by atoms with van der Waals surface area (Å²) in [5.74, 6) is 0.871. The van der Waals surface area contributed by atoms with E-state index in [0.29, 0.717) is 50.7 Å². The van der Waals surface area contributed by atoms with Crippen LogP contribution in [0.2, 0.25) is 5.02 Å². The highest BCUT2D eigenvalue weighted by Crippen LogP contribution is 2.15. The van der Waals surface area contributed by atoms with Crippen molar-refractivity contribution in [2.75, 3.05) is 46.3 Å². The third kappa shape index (κ3) is 7.61. The molecule has 1 saturated heterocycles. The Morgan fingerprint density at radius 3 is 2.33 bits per heavy atom. The van der Waals surface area contributed by atoms with Crippen LogP contribution in [0.25, 0.3) is 0 Å². The predicted molar refractivity (Wildman–Crippen MR) is 133 cm³/mol. The molecule has 2 N–H and O–H groups in total. The summed E-state index contributed by atoms with van der Waals surface area (Å²) in [5, 5.41) is 6.81. The van der Waals surface area contributed by atoms with Crippen molar-refractivity contribution in [1.82, 2.24) is 20.4 Å². The zero-order valence-electron chi connectivity index (χ0n) is 18.2. The van der Waals surface area contributed by atoms with E-state index in [1.165, 1.54) is 0 Å². The van der Waals surface area contributed by atoms with Crippen LogP contribution in [0.1, 0.15) is 26.3 Å². The highest BCUT2D eigenvalue weighted by atomic mass is 127. The van der Waals surface area contributed by atoms with Gasteiger partial charge < -0.3 is 20.4 Å². The van der Waals surface area contributed by atoms with E-state index >= 15 is 0 Å². The van der Waals surface area contributed by atoms with Gasteiger partial charge >= 0.3 is 0 Å². The van der Waals surface area contributed by atoms with Crippen molar-refractivity contribution in [3.8, 4) is 0 Å². The monoisotopic (exact) mass is 549 g/mol. The summed E-state index contributed by atoms with van der Waals surface area (Å²) in [6, 6.07) is 7.42. The van der Waals surface area contributed by atoms with Crippen molar-refractivity contribution in [2.45, 2.75) is 27.2 Å². The largest absolute Gasteiger partial charge is 0.356 e. The standard InChI is InChI=1S/C21H32ClN5O2.HI/c1-5-24-19(29)21(2,3)15-25-20(23-4)27-11-9-26(10-12-27)18(28)14-16-7-6-8-17(22)13-16;/h6-8,13H,5,9-12,14-15H2,1-4H3,(H,23,25)(H,24,29);1H. The molecule has 0 bridgehead atoms. The number of hydrogen-bond donors (Lipinski definition) is 2. The number of piperazine rings is 1. The van der Waals surface area contributed by atoms with Crippen LogP contribution in [0.5, 0.6) is 0 Å². The van der Waals surface area contributed by atoms with Gasteiger partial charge in [0.15, 0.2) is 5.96 Å². The summed E-state index contributed by atoms with van der Waals surface area (Å²) in [4.78, 5) is 33.1. The first-order chi connectivity index (χ1) is 13.8. The van der Waals surface area contributed by atoms with Crippen LogP contribution < -0.4 is 10.6 Å². The van der Waals surface area contributed by atoms with Gasteiger partial charge in [0, 0.05) is 51.3 Å². The Bertz CT molecular complexity index is 749. The summed E-state index contributed by atoms with van der Waals surface area (Å²) in [6.45, 7) is 9.50. The minimum Gasteiger partial charge on any atom is -0.356 e. The maximum atomic E-state index is 12.6. The van der Waals surface area contributed by atoms with Gasteiger partial charge in [0.25, 0.3) is 0 Å². The molecule has 1 heterocycles. The first-order valence-corrected chi connectivity index (χ1v) is 10.4. The van der Waals surface area contributed by atoms with E-state index in [4.69, 9.17) is 11.6 Å². The average molecular weight is 550 g/mol. The molecule has 1 aromatic rings. The molecule has 30 heavy (non-hydrogen) atoms. The second kappa shape index (κ2) is 12.3. The van der Waals surface area contributed by atoms with Gasteiger partial charge in [-0.1, -0.05) is 23.7 Å². The molecule has 0 aliphatic carbocycles. The molecule has 0 aromatic heterocycles. The van der Waals surface area contributed by atoms with Crippen LogP contribution in [-0.4, -0.2) is 73.9 Å². The number of carbonyl (C=O) groups excluding carboxylic acids is 2. The fraction of sp³-hybridized carbons (Fsp3) is 0.571. The number of amides is 2. The Morgan fingerprint density at radius 1 is 1.13 bits per heavy atom. The molecule has 1 fully saturated rings. The van der Waals surface area contributed by atoms with Gasteiger partial charge in [-0.15, -0.1) is 24.0 Å². The number of aliphatic imine (C=N–C) groups is 1. The predicted octanol–water partition coefficient (Wildman–Crippen LogP) is 2.38. The van der Waals surface area contributed by atoms with Crippen LogP contribution in [-0.2, 0) is 16.0 Å². The molecule has 1 aromatic carbocycles. The molecule has 1 aliphatic rings. The zero-order valence-corrected chi connectivity index (χ0v) is 21.3. The topological polar surface area (TPSA) is 77.0 Å². The SMILES string of the molecule is CCNC(=O)C(C)(C)CNC(=NC)N1CCN(C(=O)Cc2cccc(Cl)c2)CC1.I. The van der Waals surface area contributed by atoms with Gasteiger partial charge in [0.05, 0.1) is 11.8 Å². The lowest BCUT2D eigenvalue weighted by molar-refractivity contribution is -0.132. The third-order valence-electron chi connectivity index (χ3n) is 5.03. The number of halogens is 2. The Morgan fingerprint density at radius 2 is 1.77 bits per heavy atom. The minimum atomic E-state index is -0.541. The minimum absolute atomic E-state index is 0. The molecule has 168 valence electrons. The second-order valence-corrected chi connectivity index (χ2v) is 8.26. The van der Waals surface area contributed by atoms with Crippen molar-refractivity contribution in [2.24, 2.45) is 10.4 Å². The van der Waals surface area contributed by atoms with Crippen molar-refractivity contribution in [1.29, 1.82) is 0 Å². The smallest absolute Gasteiger partial charge is 0.227 e. The molecule has 0 radical (unpaired) electrons. The number of guanidine groups is 1. The van der Waals surface area contributed by atoms with E-state index in [0.717, 1.165) is 11.5 Å². The fourth-order valence-electron chi connectivity index (χ4n) is 3.21. The van der Waals surface area contributed by atoms with Gasteiger partial charge in [-0.25, -0.2) is 0 Å². The number of nitrogens with zero attached hydrogens (tertiary/aromatic N) is 3. The van der Waals surface area contributed by atoms with Crippen LogP contribution in [0, 0.1) is 5.41 Å². The Kier molecular flexibility index (Phi) is 10.9. The van der Waals surface area contributed by atoms with Gasteiger partial charge in [-0.05, 0) is 38.5 Å². The highest BCUT2D eigenvalue weighted by molar-refractivity contribution is 14.0. The lowest BCUT2D eigenvalue weighted by atomic mass is 9.92. The molecule has 9 heteroatoms. The van der Waals surface area contributed by atoms with E-state index in [9.17, 15) is 9.59 Å². The number of nitrogens with one attached hydrogen (secondary N) is 2. The highest BCUT2D eigenvalue weighted by Gasteiger charge is 2.29. The molecule has 0 atom stereocenters. The van der Waals surface area contributed by atoms with E-state index < -0.39 is 5.41 Å². The first kappa shape index (κ1) is 26.5. The summed E-state index contributed by atoms with van der Waals surface area (Å²) in [6.07, 6.45) is 0.355. The second-order valence-electron chi connectivity index (χ2n) is 7.82. The van der Waals surface area contributed by atoms with E-state index in [2.05, 4.69) is 20.5 Å². The number of carbonyl (C=O) groups is 2. The number of benzene rings is 1. The Labute approximate surface area is 201 Å². The molecular formula is C21H33ClIN5O2. The van der Waals surface area contributed by atoms with Crippen LogP contribution in [0.3, 0.4) is 0 Å². The van der Waals surface area contributed by atoms with E-state index in [1.807, 2.05) is 43.9 Å². The summed E-state index contributed by atoms with van der Waals surface area (Å²) >= 11 is 6.01. The molecule has 0 unspecified atom stereocenters. The fourth-order valence-corrected chi connectivity index (χ4v) is 3.43. The van der Waals surface area contributed by atoms with Crippen molar-refractivity contribution < 1.29 is 9.59 Å². The molecular weight excluding hydrogens is 517 g/mol. The van der Waals surface area contributed by atoms with Crippen LogP contribution in [0.4, 0.5) is 0 Å². The summed E-state index contributed by atoms with van der Waals surface area (Å²) in [7, 11) is 1.73. The van der Waals surface area contributed by atoms with Gasteiger partial charge in [0.1, 0.15) is 0 Å². The number of rotatable bonds is 6. The maximum absolute atomic E-state index is 12.6. The number of hydrogen-bond acceptors (Lipinski definition) is 3. The first-order valence-electron chi connectivity index (χ1n) is 10.0. The van der Waals surface area contributed by atoms with Crippen LogP contribution >= 0.6 is 35.6 Å². The lowest BCUT2D eigenvalue weighted by Gasteiger charge is -2.37. The van der Waals surface area contributed by atoms with Crippen molar-refractivity contribution >= 4 is 53.4 Å². The van der Waals surface area contributed by atoms with Gasteiger partial charge in [0.2, 0.25) is 11.8 Å². The van der Waals surface area contributed by atoms with Crippen LogP contribution in [0.15, 0.2) is 29.3 Å². The zero-order chi connectivity index (χ0) is 21.4. The molecule has 0 spiro atoms. The summed E-state index contributed by atoms with van der Waals surface area (Å²) < 4.78 is 0. The Balaban J connectivity index is 0.00000450. The molecule has 0 saturated carbocycles. The van der Waals surface area contributed by atoms with Crippen molar-refractivity contribution in [3.63, 3.8) is 0 Å². The lowest BCUT2D eigenvalue weighted by Crippen LogP contribution is -2.55. The Hall–Kier alpha value is -1.55. The quantitative estimate of drug-likeness (QED) is 0.325. The van der Waals surface area contributed by atoms with Gasteiger partial charge in [-0.3, -0.25) is 14.6 Å². The summed E-state index contributed by atoms with van der Waals surface area (Å²) in [5.41, 5.74) is 0.385. The molecule has 2 rings (SSSR count). The maximum Gasteiger partial charge on any atom is 0.227 e. The molecule has 7 nitrogen and oxygen atoms in total. The van der Waals surface area contributed by atoms with E-state index in [1.54, 1.807) is 13.1 Å². The van der Waals surface area contributed by atoms with Gasteiger partial charge in [-0.2, -0.15) is 0 Å².